The van der Waals surface area contributed by atoms with E-state index in [1.165, 1.54) is 54.9 Å². The number of hydrogen-bond acceptors (Lipinski definition) is 0. The van der Waals surface area contributed by atoms with Gasteiger partial charge in [0.15, 0.2) is 0 Å². The van der Waals surface area contributed by atoms with Crippen molar-refractivity contribution in [2.24, 2.45) is 0 Å². The van der Waals surface area contributed by atoms with Gasteiger partial charge in [0.25, 0.3) is 0 Å². The van der Waals surface area contributed by atoms with Gasteiger partial charge in [-0.3, -0.25) is 0 Å². The summed E-state index contributed by atoms with van der Waals surface area (Å²) in [5.74, 6) is 1.28. The Balaban J connectivity index is 1.75. The van der Waals surface area contributed by atoms with Crippen LogP contribution in [-0.2, 0) is 0 Å². The highest BCUT2D eigenvalue weighted by atomic mass is 14.2. The molecule has 0 fully saturated rings. The molecule has 0 aliphatic carbocycles. The van der Waals surface area contributed by atoms with E-state index in [0.717, 1.165) is 0 Å². The van der Waals surface area contributed by atoms with Gasteiger partial charge < -0.3 is 0 Å². The van der Waals surface area contributed by atoms with Crippen LogP contribution in [0.5, 0.6) is 0 Å². The van der Waals surface area contributed by atoms with E-state index < -0.39 is 0 Å². The lowest BCUT2D eigenvalue weighted by Gasteiger charge is -2.18. The van der Waals surface area contributed by atoms with Crippen molar-refractivity contribution in [3.8, 4) is 0 Å². The van der Waals surface area contributed by atoms with Crippen molar-refractivity contribution in [3.05, 3.63) is 150 Å². The maximum Gasteiger partial charge on any atom is 0.0651 e. The zero-order valence-electron chi connectivity index (χ0n) is 17.1. The quantitative estimate of drug-likeness (QED) is 0.210. The summed E-state index contributed by atoms with van der Waals surface area (Å²) in [5, 5.41) is 7.62. The first kappa shape index (κ1) is 17.8. The number of rotatable bonds is 3. The summed E-state index contributed by atoms with van der Waals surface area (Å²) in [5.41, 5.74) is 3.81. The predicted molar refractivity (Wildman–Crippen MR) is 132 cm³/mol. The Morgan fingerprint density at radius 1 is 0.290 bits per heavy atom. The number of fused-ring (bicyclic) bond motifs is 3. The van der Waals surface area contributed by atoms with Crippen LogP contribution in [0.25, 0.3) is 32.3 Å². The van der Waals surface area contributed by atoms with Gasteiger partial charge in [0.2, 0.25) is 0 Å². The summed E-state index contributed by atoms with van der Waals surface area (Å²) in [6.07, 6.45) is 0. The fourth-order valence-electron chi connectivity index (χ4n) is 4.77. The zero-order valence-corrected chi connectivity index (χ0v) is 17.1. The van der Waals surface area contributed by atoms with Crippen molar-refractivity contribution in [1.29, 1.82) is 0 Å². The van der Waals surface area contributed by atoms with Crippen molar-refractivity contribution in [2.45, 2.75) is 0 Å². The van der Waals surface area contributed by atoms with Crippen LogP contribution in [0.2, 0.25) is 0 Å². The van der Waals surface area contributed by atoms with Crippen LogP contribution in [0.15, 0.2) is 127 Å². The molecule has 0 amide bonds. The monoisotopic (exact) mass is 393 g/mol. The van der Waals surface area contributed by atoms with Gasteiger partial charge >= 0.3 is 0 Å². The van der Waals surface area contributed by atoms with E-state index in [4.69, 9.17) is 0 Å². The molecule has 0 atom stereocenters. The predicted octanol–water partition coefficient (Wildman–Crippen LogP) is 8.17. The van der Waals surface area contributed by atoms with E-state index in [-0.39, 0.29) is 0 Å². The first-order chi connectivity index (χ1) is 15.4. The molecule has 0 bridgehead atoms. The number of hydrogen-bond donors (Lipinski definition) is 0. The lowest BCUT2D eigenvalue weighted by atomic mass is 9.79. The SMILES string of the molecule is c1ccc2c([C+](c3cccc4ccccc34)c3cccc4ccccc34)cccc2c1. The minimum absolute atomic E-state index is 1.26. The molecular weight excluding hydrogens is 372 g/mol. The second-order valence-corrected chi connectivity index (χ2v) is 7.96. The molecule has 0 aliphatic rings. The summed E-state index contributed by atoms with van der Waals surface area (Å²) in [6, 6.07) is 46.0. The van der Waals surface area contributed by atoms with Crippen LogP contribution in [-0.4, -0.2) is 0 Å². The van der Waals surface area contributed by atoms with Crippen molar-refractivity contribution >= 4 is 32.3 Å². The molecule has 0 spiro atoms. The smallest absolute Gasteiger partial charge is 0.0607 e. The third-order valence-corrected chi connectivity index (χ3v) is 6.18. The summed E-state index contributed by atoms with van der Waals surface area (Å²) < 4.78 is 0. The van der Waals surface area contributed by atoms with Crippen LogP contribution in [0.1, 0.15) is 16.7 Å². The molecule has 0 heterocycles. The van der Waals surface area contributed by atoms with Gasteiger partial charge in [0, 0.05) is 32.3 Å². The van der Waals surface area contributed by atoms with Crippen molar-refractivity contribution in [1.82, 2.24) is 0 Å². The van der Waals surface area contributed by atoms with Crippen LogP contribution in [0.3, 0.4) is 0 Å². The molecule has 0 unspecified atom stereocenters. The van der Waals surface area contributed by atoms with Gasteiger partial charge in [-0.2, -0.15) is 0 Å². The summed E-state index contributed by atoms with van der Waals surface area (Å²) in [7, 11) is 0. The van der Waals surface area contributed by atoms with Gasteiger partial charge in [0.1, 0.15) is 0 Å². The normalized spacial score (nSPS) is 11.2. The molecule has 0 N–H and O–H groups in total. The van der Waals surface area contributed by atoms with Crippen LogP contribution in [0, 0.1) is 5.92 Å². The van der Waals surface area contributed by atoms with E-state index in [9.17, 15) is 0 Å². The summed E-state index contributed by atoms with van der Waals surface area (Å²) in [6.45, 7) is 0. The zero-order chi connectivity index (χ0) is 20.6. The first-order valence-corrected chi connectivity index (χ1v) is 10.7. The van der Waals surface area contributed by atoms with E-state index in [0.29, 0.717) is 0 Å². The van der Waals surface area contributed by atoms with Gasteiger partial charge in [0.05, 0.1) is 22.6 Å². The Morgan fingerprint density at radius 3 is 0.935 bits per heavy atom. The second-order valence-electron chi connectivity index (χ2n) is 7.96. The molecule has 0 aliphatic heterocycles. The third-order valence-electron chi connectivity index (χ3n) is 6.18. The molecule has 0 nitrogen and oxygen atoms in total. The van der Waals surface area contributed by atoms with Crippen LogP contribution < -0.4 is 0 Å². The van der Waals surface area contributed by atoms with Crippen molar-refractivity contribution < 1.29 is 0 Å². The molecule has 0 radical (unpaired) electrons. The van der Waals surface area contributed by atoms with E-state index in [2.05, 4.69) is 127 Å². The Bertz CT molecular complexity index is 1340. The molecular formula is C31H21+. The Hall–Kier alpha value is -4.03. The van der Waals surface area contributed by atoms with Gasteiger partial charge in [-0.25, -0.2) is 0 Å². The van der Waals surface area contributed by atoms with Gasteiger partial charge in [-0.05, 0) is 91.0 Å². The third kappa shape index (κ3) is 2.96. The lowest BCUT2D eigenvalue weighted by molar-refractivity contribution is 1.28. The highest BCUT2D eigenvalue weighted by Crippen LogP contribution is 2.40. The maximum atomic E-state index is 2.27. The molecule has 31 heavy (non-hydrogen) atoms. The second kappa shape index (κ2) is 7.34. The van der Waals surface area contributed by atoms with Crippen molar-refractivity contribution in [3.63, 3.8) is 0 Å². The summed E-state index contributed by atoms with van der Waals surface area (Å²) >= 11 is 0. The van der Waals surface area contributed by atoms with E-state index in [1.54, 1.807) is 0 Å². The maximum absolute atomic E-state index is 2.27. The largest absolute Gasteiger partial charge is 0.0651 e. The van der Waals surface area contributed by atoms with Crippen LogP contribution >= 0.6 is 0 Å². The highest BCUT2D eigenvalue weighted by Gasteiger charge is 2.28. The Kier molecular flexibility index (Phi) is 4.21. The lowest BCUT2D eigenvalue weighted by Crippen LogP contribution is -2.07. The van der Waals surface area contributed by atoms with E-state index in [1.807, 2.05) is 0 Å². The minimum Gasteiger partial charge on any atom is -0.0607 e. The minimum atomic E-state index is 1.26. The van der Waals surface area contributed by atoms with Crippen LogP contribution in [0.4, 0.5) is 0 Å². The molecule has 0 saturated carbocycles. The Labute approximate surface area is 182 Å². The molecule has 0 aromatic heterocycles. The molecule has 0 saturated heterocycles. The standard InChI is InChI=1S/C31H21/c1-4-16-25-22(10-1)13-7-19-28(25)31(29-20-8-14-23-11-2-5-17-26(23)29)30-21-9-15-24-12-3-6-18-27(24)30/h1-21H/q+1. The first-order valence-electron chi connectivity index (χ1n) is 10.7. The van der Waals surface area contributed by atoms with E-state index >= 15 is 0 Å². The van der Waals surface area contributed by atoms with Crippen molar-refractivity contribution in [2.75, 3.05) is 0 Å². The fraction of sp³-hybridized carbons (Fsp3) is 0. The molecule has 6 aromatic carbocycles. The summed E-state index contributed by atoms with van der Waals surface area (Å²) in [4.78, 5) is 0. The fourth-order valence-corrected chi connectivity index (χ4v) is 4.77. The molecule has 6 rings (SSSR count). The van der Waals surface area contributed by atoms with Gasteiger partial charge in [-0.1, -0.05) is 36.4 Å². The molecule has 6 aromatic rings. The van der Waals surface area contributed by atoms with Gasteiger partial charge in [-0.15, -0.1) is 0 Å². The highest BCUT2D eigenvalue weighted by molar-refractivity contribution is 5.98. The molecule has 144 valence electrons. The molecule has 0 heteroatoms. The average Bonchev–Trinajstić information content (AvgIpc) is 2.85. The topological polar surface area (TPSA) is 0 Å². The average molecular weight is 394 g/mol. The number of benzene rings is 6. The Morgan fingerprint density at radius 2 is 0.581 bits per heavy atom.